The Kier molecular flexibility index (Phi) is 5.39. The topological polar surface area (TPSA) is 21.3 Å². The molecular formula is C23H25NO. The number of anilines is 1. The largest absolute Gasteiger partial charge is 0.489 e. The van der Waals surface area contributed by atoms with Crippen molar-refractivity contribution in [1.82, 2.24) is 0 Å². The van der Waals surface area contributed by atoms with E-state index in [2.05, 4.69) is 80.7 Å². The fourth-order valence-corrected chi connectivity index (χ4v) is 2.72. The molecule has 128 valence electrons. The quantitative estimate of drug-likeness (QED) is 0.616. The van der Waals surface area contributed by atoms with Crippen molar-refractivity contribution in [3.63, 3.8) is 0 Å². The van der Waals surface area contributed by atoms with E-state index >= 15 is 0 Å². The number of rotatable bonds is 6. The van der Waals surface area contributed by atoms with Crippen molar-refractivity contribution in [2.75, 3.05) is 5.32 Å². The van der Waals surface area contributed by atoms with Gasteiger partial charge in [-0.05, 0) is 61.2 Å². The van der Waals surface area contributed by atoms with Gasteiger partial charge in [0.15, 0.2) is 0 Å². The molecule has 0 saturated heterocycles. The molecule has 0 bridgehead atoms. The van der Waals surface area contributed by atoms with Crippen LogP contribution in [0, 0.1) is 20.8 Å². The molecule has 0 fully saturated rings. The van der Waals surface area contributed by atoms with Gasteiger partial charge in [-0.25, -0.2) is 0 Å². The van der Waals surface area contributed by atoms with Gasteiger partial charge in [0.1, 0.15) is 12.4 Å². The van der Waals surface area contributed by atoms with Crippen molar-refractivity contribution in [2.45, 2.75) is 33.9 Å². The Morgan fingerprint density at radius 3 is 2.32 bits per heavy atom. The second-order valence-electron chi connectivity index (χ2n) is 6.59. The molecule has 0 spiro atoms. The highest BCUT2D eigenvalue weighted by atomic mass is 16.5. The van der Waals surface area contributed by atoms with E-state index in [-0.39, 0.29) is 0 Å². The molecule has 0 saturated carbocycles. The molecule has 0 unspecified atom stereocenters. The second kappa shape index (κ2) is 7.89. The van der Waals surface area contributed by atoms with Gasteiger partial charge in [0.05, 0.1) is 0 Å². The average molecular weight is 331 g/mol. The summed E-state index contributed by atoms with van der Waals surface area (Å²) in [6.45, 7) is 7.71. The number of aryl methyl sites for hydroxylation is 3. The van der Waals surface area contributed by atoms with Gasteiger partial charge in [-0.1, -0.05) is 54.1 Å². The maximum atomic E-state index is 5.94. The van der Waals surface area contributed by atoms with E-state index in [1.165, 1.54) is 33.5 Å². The van der Waals surface area contributed by atoms with Crippen LogP contribution in [0.25, 0.3) is 0 Å². The monoisotopic (exact) mass is 331 g/mol. The molecule has 0 aliphatic carbocycles. The summed E-state index contributed by atoms with van der Waals surface area (Å²) in [4.78, 5) is 0. The Morgan fingerprint density at radius 1 is 0.760 bits per heavy atom. The molecule has 2 heteroatoms. The Balaban J connectivity index is 1.61. The third-order valence-corrected chi connectivity index (χ3v) is 4.30. The minimum absolute atomic E-state index is 0.591. The summed E-state index contributed by atoms with van der Waals surface area (Å²) >= 11 is 0. The lowest BCUT2D eigenvalue weighted by atomic mass is 10.1. The summed E-state index contributed by atoms with van der Waals surface area (Å²) in [5.41, 5.74) is 7.38. The molecule has 3 rings (SSSR count). The normalized spacial score (nSPS) is 10.5. The molecule has 0 heterocycles. The number of ether oxygens (including phenoxy) is 1. The molecule has 0 aliphatic heterocycles. The van der Waals surface area contributed by atoms with E-state index in [0.29, 0.717) is 6.61 Å². The maximum Gasteiger partial charge on any atom is 0.120 e. The summed E-state index contributed by atoms with van der Waals surface area (Å²) in [6, 6.07) is 23.2. The predicted molar refractivity (Wildman–Crippen MR) is 105 cm³/mol. The van der Waals surface area contributed by atoms with Crippen molar-refractivity contribution in [2.24, 2.45) is 0 Å². The molecule has 3 aromatic carbocycles. The zero-order chi connectivity index (χ0) is 17.6. The average Bonchev–Trinajstić information content (AvgIpc) is 2.62. The maximum absolute atomic E-state index is 5.94. The predicted octanol–water partition coefficient (Wildman–Crippen LogP) is 5.80. The highest BCUT2D eigenvalue weighted by molar-refractivity contribution is 5.52. The lowest BCUT2D eigenvalue weighted by Crippen LogP contribution is -2.02. The lowest BCUT2D eigenvalue weighted by Gasteiger charge is -2.12. The third kappa shape index (κ3) is 4.87. The summed E-state index contributed by atoms with van der Waals surface area (Å²) in [7, 11) is 0. The first-order chi connectivity index (χ1) is 12.1. The van der Waals surface area contributed by atoms with E-state index in [1.54, 1.807) is 0 Å². The Labute approximate surface area is 150 Å². The zero-order valence-electron chi connectivity index (χ0n) is 15.2. The van der Waals surface area contributed by atoms with Crippen molar-refractivity contribution in [1.29, 1.82) is 0 Å². The van der Waals surface area contributed by atoms with Gasteiger partial charge in [-0.15, -0.1) is 0 Å². The van der Waals surface area contributed by atoms with Crippen LogP contribution in [0.3, 0.4) is 0 Å². The van der Waals surface area contributed by atoms with Gasteiger partial charge >= 0.3 is 0 Å². The van der Waals surface area contributed by atoms with Crippen molar-refractivity contribution in [3.05, 3.63) is 94.5 Å². The molecule has 3 aromatic rings. The SMILES string of the molecule is Cc1ccc(COc2cccc(CNc3cc(C)ccc3C)c2)cc1. The van der Waals surface area contributed by atoms with Gasteiger partial charge in [0, 0.05) is 12.2 Å². The van der Waals surface area contributed by atoms with E-state index in [0.717, 1.165) is 12.3 Å². The van der Waals surface area contributed by atoms with Crippen molar-refractivity contribution < 1.29 is 4.74 Å². The summed E-state index contributed by atoms with van der Waals surface area (Å²) in [5.74, 6) is 0.904. The molecular weight excluding hydrogens is 306 g/mol. The second-order valence-corrected chi connectivity index (χ2v) is 6.59. The minimum Gasteiger partial charge on any atom is -0.489 e. The first-order valence-corrected chi connectivity index (χ1v) is 8.68. The first kappa shape index (κ1) is 17.1. The summed E-state index contributed by atoms with van der Waals surface area (Å²) in [5, 5.41) is 3.52. The molecule has 0 aromatic heterocycles. The summed E-state index contributed by atoms with van der Waals surface area (Å²) in [6.07, 6.45) is 0. The molecule has 2 nitrogen and oxygen atoms in total. The van der Waals surface area contributed by atoms with Crippen LogP contribution in [0.4, 0.5) is 5.69 Å². The molecule has 0 aliphatic rings. The lowest BCUT2D eigenvalue weighted by molar-refractivity contribution is 0.306. The Hall–Kier alpha value is -2.74. The van der Waals surface area contributed by atoms with Crippen LogP contribution in [-0.4, -0.2) is 0 Å². The third-order valence-electron chi connectivity index (χ3n) is 4.30. The van der Waals surface area contributed by atoms with Gasteiger partial charge in [-0.3, -0.25) is 0 Å². The molecule has 0 atom stereocenters. The van der Waals surface area contributed by atoms with Crippen LogP contribution in [0.2, 0.25) is 0 Å². The Morgan fingerprint density at radius 2 is 1.52 bits per heavy atom. The zero-order valence-corrected chi connectivity index (χ0v) is 15.2. The van der Waals surface area contributed by atoms with Gasteiger partial charge in [-0.2, -0.15) is 0 Å². The van der Waals surface area contributed by atoms with Crippen molar-refractivity contribution >= 4 is 5.69 Å². The fourth-order valence-electron chi connectivity index (χ4n) is 2.72. The molecule has 25 heavy (non-hydrogen) atoms. The van der Waals surface area contributed by atoms with Gasteiger partial charge in [0.2, 0.25) is 0 Å². The smallest absolute Gasteiger partial charge is 0.120 e. The molecule has 0 radical (unpaired) electrons. The van der Waals surface area contributed by atoms with Crippen LogP contribution in [0.5, 0.6) is 5.75 Å². The number of benzene rings is 3. The van der Waals surface area contributed by atoms with E-state index in [4.69, 9.17) is 4.74 Å². The van der Waals surface area contributed by atoms with Crippen LogP contribution >= 0.6 is 0 Å². The van der Waals surface area contributed by atoms with Crippen LogP contribution in [-0.2, 0) is 13.2 Å². The van der Waals surface area contributed by atoms with Crippen LogP contribution < -0.4 is 10.1 Å². The van der Waals surface area contributed by atoms with Gasteiger partial charge < -0.3 is 10.1 Å². The highest BCUT2D eigenvalue weighted by Gasteiger charge is 2.01. The summed E-state index contributed by atoms with van der Waals surface area (Å²) < 4.78 is 5.94. The first-order valence-electron chi connectivity index (χ1n) is 8.68. The number of hydrogen-bond acceptors (Lipinski definition) is 2. The van der Waals surface area contributed by atoms with E-state index in [9.17, 15) is 0 Å². The fraction of sp³-hybridized carbons (Fsp3) is 0.217. The van der Waals surface area contributed by atoms with E-state index < -0.39 is 0 Å². The molecule has 0 amide bonds. The van der Waals surface area contributed by atoms with Crippen molar-refractivity contribution in [3.8, 4) is 5.75 Å². The standard InChI is InChI=1S/C23H25NO/c1-17-8-11-20(12-9-17)16-25-22-6-4-5-21(14-22)15-24-23-13-18(2)7-10-19(23)3/h4-14,24H,15-16H2,1-3H3. The molecule has 1 N–H and O–H groups in total. The number of hydrogen-bond donors (Lipinski definition) is 1. The Bertz CT molecular complexity index is 837. The highest BCUT2D eigenvalue weighted by Crippen LogP contribution is 2.20. The van der Waals surface area contributed by atoms with E-state index in [1.807, 2.05) is 12.1 Å². The van der Waals surface area contributed by atoms with Gasteiger partial charge in [0.25, 0.3) is 0 Å². The minimum atomic E-state index is 0.591. The van der Waals surface area contributed by atoms with Crippen LogP contribution in [0.1, 0.15) is 27.8 Å². The van der Waals surface area contributed by atoms with Crippen LogP contribution in [0.15, 0.2) is 66.7 Å². The number of nitrogens with one attached hydrogen (secondary N) is 1.